The van der Waals surface area contributed by atoms with Crippen molar-refractivity contribution in [3.8, 4) is 0 Å². The molecule has 2 rings (SSSR count). The van der Waals surface area contributed by atoms with E-state index in [1.807, 2.05) is 26.0 Å². The molecule has 0 aliphatic carbocycles. The van der Waals surface area contributed by atoms with Crippen molar-refractivity contribution in [2.75, 3.05) is 18.5 Å². The fourth-order valence-electron chi connectivity index (χ4n) is 2.34. The molecule has 0 bridgehead atoms. The molecule has 0 radical (unpaired) electrons. The summed E-state index contributed by atoms with van der Waals surface area (Å²) >= 11 is 2.18. The van der Waals surface area contributed by atoms with Gasteiger partial charge in [-0.3, -0.25) is 9.69 Å². The Labute approximate surface area is 149 Å². The van der Waals surface area contributed by atoms with Crippen molar-refractivity contribution >= 4 is 40.3 Å². The number of ether oxygens (including phenoxy) is 1. The molecular formula is C16H21IN2O4. The van der Waals surface area contributed by atoms with Crippen molar-refractivity contribution in [1.29, 1.82) is 0 Å². The molecule has 7 heteroatoms. The number of carbonyl (C=O) groups is 2. The van der Waals surface area contributed by atoms with Crippen LogP contribution in [0.3, 0.4) is 0 Å². The predicted octanol–water partition coefficient (Wildman–Crippen LogP) is 2.46. The summed E-state index contributed by atoms with van der Waals surface area (Å²) in [5.41, 5.74) is 0.660. The maximum atomic E-state index is 12.4. The SMILES string of the molecule is CC(C)COC(=O)N1C[C@H](O)C[C@H]1C(=O)Nc1ccc(I)cc1. The highest BCUT2D eigenvalue weighted by Crippen LogP contribution is 2.21. The van der Waals surface area contributed by atoms with Crippen LogP contribution in [0.4, 0.5) is 10.5 Å². The van der Waals surface area contributed by atoms with Gasteiger partial charge in [0.25, 0.3) is 0 Å². The maximum absolute atomic E-state index is 12.4. The average Bonchev–Trinajstić information content (AvgIpc) is 2.89. The first-order valence-corrected chi connectivity index (χ1v) is 8.62. The van der Waals surface area contributed by atoms with Gasteiger partial charge >= 0.3 is 6.09 Å². The van der Waals surface area contributed by atoms with Gasteiger partial charge in [0, 0.05) is 15.7 Å². The van der Waals surface area contributed by atoms with Gasteiger partial charge in [-0.25, -0.2) is 4.79 Å². The van der Waals surface area contributed by atoms with E-state index in [4.69, 9.17) is 4.74 Å². The molecule has 1 aromatic carbocycles. The summed E-state index contributed by atoms with van der Waals surface area (Å²) in [5, 5.41) is 12.6. The van der Waals surface area contributed by atoms with Crippen LogP contribution in [-0.2, 0) is 9.53 Å². The molecule has 2 N–H and O–H groups in total. The first-order chi connectivity index (χ1) is 10.9. The molecule has 0 saturated carbocycles. The number of anilines is 1. The van der Waals surface area contributed by atoms with E-state index < -0.39 is 18.2 Å². The molecular weight excluding hydrogens is 411 g/mol. The zero-order valence-electron chi connectivity index (χ0n) is 13.2. The molecule has 1 aliphatic heterocycles. The number of aliphatic hydroxyl groups is 1. The molecule has 2 atom stereocenters. The van der Waals surface area contributed by atoms with Crippen molar-refractivity contribution in [2.24, 2.45) is 5.92 Å². The van der Waals surface area contributed by atoms with Gasteiger partial charge in [0.05, 0.1) is 19.3 Å². The molecule has 1 fully saturated rings. The number of nitrogens with one attached hydrogen (secondary N) is 1. The molecule has 23 heavy (non-hydrogen) atoms. The van der Waals surface area contributed by atoms with Gasteiger partial charge in [0.2, 0.25) is 5.91 Å². The van der Waals surface area contributed by atoms with Gasteiger partial charge in [-0.05, 0) is 52.8 Å². The number of nitrogens with zero attached hydrogens (tertiary/aromatic N) is 1. The number of hydrogen-bond acceptors (Lipinski definition) is 4. The maximum Gasteiger partial charge on any atom is 0.410 e. The second kappa shape index (κ2) is 7.96. The second-order valence-corrected chi connectivity index (χ2v) is 7.27. The highest BCUT2D eigenvalue weighted by atomic mass is 127. The Morgan fingerprint density at radius 3 is 2.65 bits per heavy atom. The summed E-state index contributed by atoms with van der Waals surface area (Å²) in [5.74, 6) is -0.102. The van der Waals surface area contributed by atoms with E-state index in [0.29, 0.717) is 5.69 Å². The quantitative estimate of drug-likeness (QED) is 0.717. The zero-order valence-corrected chi connectivity index (χ0v) is 15.3. The normalized spacial score (nSPS) is 20.7. The molecule has 0 spiro atoms. The molecule has 126 valence electrons. The van der Waals surface area contributed by atoms with Gasteiger partial charge in [-0.1, -0.05) is 13.8 Å². The zero-order chi connectivity index (χ0) is 17.0. The topological polar surface area (TPSA) is 78.9 Å². The summed E-state index contributed by atoms with van der Waals surface area (Å²) in [6.45, 7) is 4.28. The smallest absolute Gasteiger partial charge is 0.410 e. The van der Waals surface area contributed by atoms with Gasteiger partial charge < -0.3 is 15.2 Å². The van der Waals surface area contributed by atoms with E-state index in [1.165, 1.54) is 4.90 Å². The van der Waals surface area contributed by atoms with Crippen molar-refractivity contribution in [1.82, 2.24) is 4.90 Å². The predicted molar refractivity (Wildman–Crippen MR) is 95.1 cm³/mol. The van der Waals surface area contributed by atoms with Crippen molar-refractivity contribution in [3.63, 3.8) is 0 Å². The minimum atomic E-state index is -0.719. The lowest BCUT2D eigenvalue weighted by Crippen LogP contribution is -2.43. The van der Waals surface area contributed by atoms with Crippen LogP contribution in [0.2, 0.25) is 0 Å². The molecule has 6 nitrogen and oxygen atoms in total. The van der Waals surface area contributed by atoms with Crippen LogP contribution >= 0.6 is 22.6 Å². The van der Waals surface area contributed by atoms with Gasteiger partial charge in [0.1, 0.15) is 6.04 Å². The van der Waals surface area contributed by atoms with Crippen LogP contribution in [0.1, 0.15) is 20.3 Å². The molecule has 1 heterocycles. The Hall–Kier alpha value is -1.35. The number of rotatable bonds is 4. The summed E-state index contributed by atoms with van der Waals surface area (Å²) < 4.78 is 6.24. The highest BCUT2D eigenvalue weighted by Gasteiger charge is 2.39. The lowest BCUT2D eigenvalue weighted by molar-refractivity contribution is -0.120. The van der Waals surface area contributed by atoms with E-state index in [-0.39, 0.29) is 31.4 Å². The number of hydrogen-bond donors (Lipinski definition) is 2. The lowest BCUT2D eigenvalue weighted by Gasteiger charge is -2.23. The Morgan fingerprint density at radius 1 is 1.39 bits per heavy atom. The van der Waals surface area contributed by atoms with Crippen LogP contribution in [-0.4, -0.2) is 47.3 Å². The number of amides is 2. The minimum absolute atomic E-state index is 0.113. The fraction of sp³-hybridized carbons (Fsp3) is 0.500. The molecule has 1 aromatic rings. The van der Waals surface area contributed by atoms with E-state index in [1.54, 1.807) is 12.1 Å². The number of halogens is 1. The van der Waals surface area contributed by atoms with Gasteiger partial charge in [0.15, 0.2) is 0 Å². The Bertz CT molecular complexity index is 562. The van der Waals surface area contributed by atoms with Crippen LogP contribution in [0.5, 0.6) is 0 Å². The number of likely N-dealkylation sites (tertiary alicyclic amines) is 1. The second-order valence-electron chi connectivity index (χ2n) is 6.02. The third-order valence-electron chi connectivity index (χ3n) is 3.47. The van der Waals surface area contributed by atoms with Crippen molar-refractivity contribution in [3.05, 3.63) is 27.8 Å². The third-order valence-corrected chi connectivity index (χ3v) is 4.19. The Morgan fingerprint density at radius 2 is 2.04 bits per heavy atom. The van der Waals surface area contributed by atoms with Crippen molar-refractivity contribution in [2.45, 2.75) is 32.4 Å². The van der Waals surface area contributed by atoms with E-state index in [0.717, 1.165) is 3.57 Å². The van der Waals surface area contributed by atoms with Crippen LogP contribution in [0.15, 0.2) is 24.3 Å². The largest absolute Gasteiger partial charge is 0.449 e. The fourth-order valence-corrected chi connectivity index (χ4v) is 2.70. The Balaban J connectivity index is 2.01. The summed E-state index contributed by atoms with van der Waals surface area (Å²) in [4.78, 5) is 25.8. The van der Waals surface area contributed by atoms with Crippen LogP contribution in [0, 0.1) is 9.49 Å². The lowest BCUT2D eigenvalue weighted by atomic mass is 10.2. The third kappa shape index (κ3) is 5.07. The average molecular weight is 432 g/mol. The molecule has 1 aliphatic rings. The standard InChI is InChI=1S/C16H21IN2O4/c1-10(2)9-23-16(22)19-8-13(20)7-14(19)15(21)18-12-5-3-11(17)4-6-12/h3-6,10,13-14,20H,7-9H2,1-2H3,(H,18,21)/t13-,14+/m1/s1. The number of aliphatic hydroxyl groups excluding tert-OH is 1. The molecule has 2 amide bonds. The molecule has 0 aromatic heterocycles. The van der Waals surface area contributed by atoms with Crippen molar-refractivity contribution < 1.29 is 19.4 Å². The van der Waals surface area contributed by atoms with Crippen LogP contribution in [0.25, 0.3) is 0 Å². The first-order valence-electron chi connectivity index (χ1n) is 7.54. The molecule has 0 unspecified atom stereocenters. The summed E-state index contributed by atoms with van der Waals surface area (Å²) in [7, 11) is 0. The van der Waals surface area contributed by atoms with Crippen LogP contribution < -0.4 is 5.32 Å². The Kier molecular flexibility index (Phi) is 6.23. The monoisotopic (exact) mass is 432 g/mol. The van der Waals surface area contributed by atoms with Gasteiger partial charge in [-0.2, -0.15) is 0 Å². The minimum Gasteiger partial charge on any atom is -0.449 e. The number of benzene rings is 1. The number of β-amino-alcohol motifs (C(OH)–C–C–N with tert-alkyl or cyclic N) is 1. The van der Waals surface area contributed by atoms with E-state index in [9.17, 15) is 14.7 Å². The first kappa shape index (κ1) is 18.0. The summed E-state index contributed by atoms with van der Waals surface area (Å²) in [6, 6.07) is 6.64. The van der Waals surface area contributed by atoms with E-state index in [2.05, 4.69) is 27.9 Å². The summed E-state index contributed by atoms with van der Waals surface area (Å²) in [6.07, 6.45) is -1.06. The number of carbonyl (C=O) groups excluding carboxylic acids is 2. The van der Waals surface area contributed by atoms with E-state index >= 15 is 0 Å². The highest BCUT2D eigenvalue weighted by molar-refractivity contribution is 14.1. The van der Waals surface area contributed by atoms with Gasteiger partial charge in [-0.15, -0.1) is 0 Å². The molecule has 1 saturated heterocycles.